The number of carbonyl (C=O) groups is 3. The van der Waals surface area contributed by atoms with Gasteiger partial charge in [0, 0.05) is 12.2 Å². The molecule has 0 amide bonds. The van der Waals surface area contributed by atoms with E-state index in [0.717, 1.165) is 81.7 Å². The molecule has 0 aromatic heterocycles. The number of ether oxygens (including phenoxy) is 2. The van der Waals surface area contributed by atoms with E-state index in [1.165, 1.54) is 0 Å². The van der Waals surface area contributed by atoms with Gasteiger partial charge in [0.05, 0.1) is 6.61 Å². The molecule has 29 heavy (non-hydrogen) atoms. The zero-order valence-electron chi connectivity index (χ0n) is 18.8. The van der Waals surface area contributed by atoms with Crippen LogP contribution in [0.4, 0.5) is 0 Å². The van der Waals surface area contributed by atoms with E-state index in [1.807, 2.05) is 6.92 Å². The molecule has 0 spiro atoms. The number of rotatable bonds is 17. The molecule has 0 atom stereocenters. The minimum absolute atomic E-state index is 0.320. The Hall–Kier alpha value is -1.63. The molecule has 0 aromatic carbocycles. The molecule has 0 saturated carbocycles. The lowest BCUT2D eigenvalue weighted by atomic mass is 10.4. The highest BCUT2D eigenvalue weighted by Gasteiger charge is 2.36. The van der Waals surface area contributed by atoms with Crippen LogP contribution in [0.5, 0.6) is 0 Å². The van der Waals surface area contributed by atoms with Crippen LogP contribution in [-0.2, 0) is 28.3 Å². The Kier molecular flexibility index (Phi) is 16.3. The van der Waals surface area contributed by atoms with E-state index in [0.29, 0.717) is 6.61 Å². The highest BCUT2D eigenvalue weighted by molar-refractivity contribution is 6.75. The smallest absolute Gasteiger partial charge is 0.331 e. The van der Waals surface area contributed by atoms with Crippen LogP contribution in [0.25, 0.3) is 0 Å². The van der Waals surface area contributed by atoms with Crippen LogP contribution >= 0.6 is 0 Å². The molecule has 0 bridgehead atoms. The Morgan fingerprint density at radius 3 is 1.59 bits per heavy atom. The van der Waals surface area contributed by atoms with Crippen LogP contribution in [0.15, 0.2) is 12.2 Å². The van der Waals surface area contributed by atoms with E-state index < -0.39 is 32.8 Å². The van der Waals surface area contributed by atoms with Gasteiger partial charge in [-0.2, -0.15) is 0 Å². The number of hydrogen-bond donors (Lipinski definition) is 0. The zero-order chi connectivity index (χ0) is 22.0. The molecule has 168 valence electrons. The topological polar surface area (TPSA) is 78.9 Å². The van der Waals surface area contributed by atoms with Crippen molar-refractivity contribution in [3.63, 3.8) is 0 Å². The summed E-state index contributed by atoms with van der Waals surface area (Å²) in [6, 6.07) is 2.89. The van der Waals surface area contributed by atoms with Gasteiger partial charge in [-0.1, -0.05) is 72.6 Å². The van der Waals surface area contributed by atoms with Crippen molar-refractivity contribution in [3.05, 3.63) is 12.2 Å². The summed E-state index contributed by atoms with van der Waals surface area (Å²) < 4.78 is 15.9. The number of hydrogen-bond acceptors (Lipinski definition) is 6. The first-order valence-corrected chi connectivity index (χ1v) is 13.7. The molecule has 0 aliphatic carbocycles. The second-order valence-corrected chi connectivity index (χ2v) is 11.5. The molecule has 7 heteroatoms. The molecule has 6 nitrogen and oxygen atoms in total. The summed E-state index contributed by atoms with van der Waals surface area (Å²) in [6.07, 6.45) is 10.1. The summed E-state index contributed by atoms with van der Waals surface area (Å²) in [7, 11) is -2.18. The van der Waals surface area contributed by atoms with Gasteiger partial charge in [0.2, 0.25) is 0 Å². The van der Waals surface area contributed by atoms with Gasteiger partial charge in [0.25, 0.3) is 8.32 Å². The Morgan fingerprint density at radius 1 is 0.690 bits per heavy atom. The average molecular weight is 429 g/mol. The molecule has 0 saturated heterocycles. The van der Waals surface area contributed by atoms with Gasteiger partial charge in [-0.15, -0.1) is 0 Å². The van der Waals surface area contributed by atoms with Crippen molar-refractivity contribution >= 4 is 26.2 Å². The van der Waals surface area contributed by atoms with Crippen molar-refractivity contribution in [1.29, 1.82) is 0 Å². The third-order valence-corrected chi connectivity index (χ3v) is 9.17. The first-order valence-electron chi connectivity index (χ1n) is 11.2. The fourth-order valence-electron chi connectivity index (χ4n) is 2.98. The summed E-state index contributed by atoms with van der Waals surface area (Å²) in [5.74, 6) is -1.83. The van der Waals surface area contributed by atoms with Crippen LogP contribution in [0.3, 0.4) is 0 Å². The van der Waals surface area contributed by atoms with E-state index >= 15 is 0 Å². The second kappa shape index (κ2) is 17.2. The first kappa shape index (κ1) is 27.4. The Labute approximate surface area is 177 Å². The first-order chi connectivity index (χ1) is 13.9. The van der Waals surface area contributed by atoms with Crippen LogP contribution in [0, 0.1) is 0 Å². The van der Waals surface area contributed by atoms with Crippen LogP contribution in [-0.4, -0.2) is 39.4 Å². The van der Waals surface area contributed by atoms with Crippen molar-refractivity contribution in [2.45, 2.75) is 97.2 Å². The maximum Gasteiger partial charge on any atom is 0.331 e. The van der Waals surface area contributed by atoms with Gasteiger partial charge in [0.1, 0.15) is 0 Å². The number of carbonyl (C=O) groups excluding carboxylic acids is 3. The lowest BCUT2D eigenvalue weighted by molar-refractivity contribution is -0.150. The second-order valence-electron chi connectivity index (χ2n) is 7.43. The largest absolute Gasteiger partial charge is 0.517 e. The van der Waals surface area contributed by atoms with Crippen molar-refractivity contribution in [2.24, 2.45) is 0 Å². The Balaban J connectivity index is 4.66. The summed E-state index contributed by atoms with van der Waals surface area (Å²) in [6.45, 7) is 8.31. The Morgan fingerprint density at radius 2 is 1.14 bits per heavy atom. The van der Waals surface area contributed by atoms with Crippen LogP contribution < -0.4 is 0 Å². The van der Waals surface area contributed by atoms with Gasteiger partial charge < -0.3 is 13.9 Å². The van der Waals surface area contributed by atoms with E-state index in [1.54, 1.807) is 0 Å². The molecule has 0 heterocycles. The molecule has 0 unspecified atom stereocenters. The fraction of sp³-hybridized carbons (Fsp3) is 0.773. The van der Waals surface area contributed by atoms with E-state index in [9.17, 15) is 14.4 Å². The van der Waals surface area contributed by atoms with Gasteiger partial charge in [-0.25, -0.2) is 14.4 Å². The minimum atomic E-state index is -2.18. The third kappa shape index (κ3) is 14.1. The van der Waals surface area contributed by atoms with Gasteiger partial charge in [-0.05, 0) is 24.6 Å². The molecule has 0 aliphatic heterocycles. The van der Waals surface area contributed by atoms with Crippen molar-refractivity contribution < 1.29 is 28.3 Å². The lowest BCUT2D eigenvalue weighted by Crippen LogP contribution is -2.41. The minimum Gasteiger partial charge on any atom is -0.517 e. The van der Waals surface area contributed by atoms with E-state index in [-0.39, 0.29) is 0 Å². The normalized spacial score (nSPS) is 11.4. The van der Waals surface area contributed by atoms with Crippen LogP contribution in [0.1, 0.15) is 79.1 Å². The lowest BCUT2D eigenvalue weighted by Gasteiger charge is -2.31. The maximum atomic E-state index is 12.4. The molecule has 0 aliphatic rings. The monoisotopic (exact) mass is 428 g/mol. The highest BCUT2D eigenvalue weighted by Crippen LogP contribution is 2.29. The zero-order valence-corrected chi connectivity index (χ0v) is 19.8. The summed E-state index contributed by atoms with van der Waals surface area (Å²) >= 11 is 0. The molecule has 0 N–H and O–H groups in total. The molecule has 0 radical (unpaired) electrons. The average Bonchev–Trinajstić information content (AvgIpc) is 2.71. The molecular formula is C22H40O6Si. The van der Waals surface area contributed by atoms with Gasteiger partial charge in [0.15, 0.2) is 6.61 Å². The molecule has 0 aromatic rings. The quantitative estimate of drug-likeness (QED) is 0.135. The molecular weight excluding hydrogens is 388 g/mol. The predicted octanol–water partition coefficient (Wildman–Crippen LogP) is 5.32. The Bertz CT molecular complexity index is 482. The SMILES string of the molecule is CCCCOC(=O)/C=C/C(=O)OCC(=O)O[Si](CCCC)(CCCC)CCCC. The van der Waals surface area contributed by atoms with E-state index in [4.69, 9.17) is 13.9 Å². The van der Waals surface area contributed by atoms with Crippen molar-refractivity contribution in [3.8, 4) is 0 Å². The van der Waals surface area contributed by atoms with Gasteiger partial charge in [-0.3, -0.25) is 0 Å². The molecule has 0 fully saturated rings. The summed E-state index contributed by atoms with van der Waals surface area (Å²) in [5.41, 5.74) is 0. The summed E-state index contributed by atoms with van der Waals surface area (Å²) in [5, 5.41) is 0. The maximum absolute atomic E-state index is 12.4. The number of esters is 2. The highest BCUT2D eigenvalue weighted by atomic mass is 28.4. The van der Waals surface area contributed by atoms with Gasteiger partial charge >= 0.3 is 17.9 Å². The van der Waals surface area contributed by atoms with Crippen molar-refractivity contribution in [1.82, 2.24) is 0 Å². The van der Waals surface area contributed by atoms with Crippen LogP contribution in [0.2, 0.25) is 18.1 Å². The standard InChI is InChI=1S/C22H40O6Si/c1-5-9-15-26-20(23)13-14-21(24)27-19-22(25)28-29(16-10-6-2,17-11-7-3)18-12-8-4/h13-14H,5-12,15-19H2,1-4H3/b14-13+. The molecule has 0 rings (SSSR count). The van der Waals surface area contributed by atoms with Crippen molar-refractivity contribution in [2.75, 3.05) is 13.2 Å². The summed E-state index contributed by atoms with van der Waals surface area (Å²) in [4.78, 5) is 35.6. The van der Waals surface area contributed by atoms with E-state index in [2.05, 4.69) is 20.8 Å². The number of unbranched alkanes of at least 4 members (excludes halogenated alkanes) is 4. The predicted molar refractivity (Wildman–Crippen MR) is 117 cm³/mol. The third-order valence-electron chi connectivity index (χ3n) is 4.72. The fourth-order valence-corrected chi connectivity index (χ4v) is 7.57.